The molecule has 0 aliphatic rings. The van der Waals surface area contributed by atoms with Crippen molar-refractivity contribution in [2.75, 3.05) is 0 Å². The summed E-state index contributed by atoms with van der Waals surface area (Å²) in [6.45, 7) is 0. The Morgan fingerprint density at radius 3 is 1.02 bits per heavy atom. The molecule has 6 rings (SSSR count). The van der Waals surface area contributed by atoms with Gasteiger partial charge in [-0.2, -0.15) is 21.6 Å². The van der Waals surface area contributed by atoms with Crippen molar-refractivity contribution in [3.63, 3.8) is 0 Å². The molecule has 48 heavy (non-hydrogen) atoms. The molecule has 0 unspecified atom stereocenters. The maximum absolute atomic E-state index is 14.1. The maximum atomic E-state index is 14.1. The molecule has 0 bridgehead atoms. The molecular weight excluding hydrogens is 773 g/mol. The fourth-order valence-electron chi connectivity index (χ4n) is 5.28. The molecule has 0 saturated carbocycles. The van der Waals surface area contributed by atoms with Crippen LogP contribution in [0.2, 0.25) is 0 Å². The van der Waals surface area contributed by atoms with Crippen molar-refractivity contribution < 1.29 is 44.9 Å². The van der Waals surface area contributed by atoms with Gasteiger partial charge in [0.2, 0.25) is 0 Å². The van der Waals surface area contributed by atoms with Crippen LogP contribution in [0.1, 0.15) is 0 Å². The normalized spacial score (nSPS) is 11.9. The second kappa shape index (κ2) is 16.0. The van der Waals surface area contributed by atoms with Gasteiger partial charge >= 0.3 is 24.7 Å². The predicted molar refractivity (Wildman–Crippen MR) is 191 cm³/mol. The van der Waals surface area contributed by atoms with E-state index in [0.717, 1.165) is 31.8 Å². The van der Waals surface area contributed by atoms with Gasteiger partial charge in [0.1, 0.15) is 0 Å². The molecule has 1 radical (unpaired) electrons. The SMILES string of the molecule is O=S(=O)(O[Si](c1ccccc1P(c1ccccc1)c1ccccc1)c1ccccc1P(c1ccccc1)c1ccccc1)C(F)(F)F.[Ru]. The zero-order valence-corrected chi connectivity index (χ0v) is 30.5. The van der Waals surface area contributed by atoms with E-state index in [2.05, 4.69) is 0 Å². The number of alkyl halides is 3. The third kappa shape index (κ3) is 7.95. The van der Waals surface area contributed by atoms with E-state index in [1.807, 2.05) is 146 Å². The summed E-state index contributed by atoms with van der Waals surface area (Å²) in [7, 11) is -11.7. The van der Waals surface area contributed by atoms with Crippen molar-refractivity contribution in [2.24, 2.45) is 0 Å². The fraction of sp³-hybridized carbons (Fsp3) is 0.0270. The van der Waals surface area contributed by atoms with Crippen molar-refractivity contribution >= 4 is 77.2 Å². The van der Waals surface area contributed by atoms with Gasteiger partial charge in [-0.25, -0.2) is 0 Å². The van der Waals surface area contributed by atoms with Crippen LogP contribution in [0.5, 0.6) is 0 Å². The van der Waals surface area contributed by atoms with Gasteiger partial charge in [-0.1, -0.05) is 170 Å². The van der Waals surface area contributed by atoms with Crippen molar-refractivity contribution in [2.45, 2.75) is 5.51 Å². The Kier molecular flexibility index (Phi) is 12.0. The molecule has 0 heterocycles. The molecular formula is C37H28F3O3P2RuSSi. The Balaban J connectivity index is 0.00000451. The zero-order chi connectivity index (χ0) is 32.9. The van der Waals surface area contributed by atoms with E-state index in [9.17, 15) is 21.6 Å². The number of hydrogen-bond acceptors (Lipinski definition) is 3. The summed E-state index contributed by atoms with van der Waals surface area (Å²) in [5.41, 5.74) is -5.60. The maximum Gasteiger partial charge on any atom is 0.522 e. The zero-order valence-electron chi connectivity index (χ0n) is 25.2. The van der Waals surface area contributed by atoms with Crippen LogP contribution in [0.25, 0.3) is 0 Å². The molecule has 0 spiro atoms. The molecule has 0 atom stereocenters. The standard InChI is InChI=1S/C37H28F3O3P2SSi.Ru/c38-37(39,40)46(41,42)43-47(35-27-15-13-25-33(35)44(29-17-5-1-6-18-29)30-19-7-2-8-20-30)36-28-16-14-26-34(36)45(31-21-9-3-10-22-31)32-23-11-4-12-24-32;/h1-28H;. The van der Waals surface area contributed by atoms with E-state index in [0.29, 0.717) is 10.4 Å². The Labute approximate surface area is 296 Å². The molecule has 0 saturated heterocycles. The Morgan fingerprint density at radius 1 is 0.458 bits per heavy atom. The van der Waals surface area contributed by atoms with E-state index in [4.69, 9.17) is 3.87 Å². The molecule has 0 aromatic heterocycles. The van der Waals surface area contributed by atoms with Crippen molar-refractivity contribution in [1.29, 1.82) is 0 Å². The van der Waals surface area contributed by atoms with Gasteiger partial charge in [0.05, 0.1) is 0 Å². The first-order valence-corrected chi connectivity index (χ1v) is 20.1. The van der Waals surface area contributed by atoms with E-state index in [-0.39, 0.29) is 19.5 Å². The molecule has 0 aliphatic heterocycles. The monoisotopic (exact) mass is 801 g/mol. The van der Waals surface area contributed by atoms with Gasteiger partial charge in [0.15, 0.2) is 0 Å². The number of hydrogen-bond donors (Lipinski definition) is 0. The van der Waals surface area contributed by atoms with Crippen LogP contribution < -0.4 is 42.2 Å². The third-order valence-corrected chi connectivity index (χ3v) is 16.7. The first-order valence-electron chi connectivity index (χ1n) is 14.6. The second-order valence-corrected chi connectivity index (χ2v) is 18.5. The van der Waals surface area contributed by atoms with E-state index in [1.54, 1.807) is 24.3 Å². The van der Waals surface area contributed by atoms with Crippen molar-refractivity contribution in [1.82, 2.24) is 0 Å². The molecule has 0 N–H and O–H groups in total. The quantitative estimate of drug-likeness (QED) is 0.109. The smallest absolute Gasteiger partial charge is 0.296 e. The van der Waals surface area contributed by atoms with Gasteiger partial charge in [-0.15, -0.1) is 0 Å². The van der Waals surface area contributed by atoms with Gasteiger partial charge in [-0.05, 0) is 58.0 Å². The average Bonchev–Trinajstić information content (AvgIpc) is 3.10. The summed E-state index contributed by atoms with van der Waals surface area (Å²) < 4.78 is 73.7. The summed E-state index contributed by atoms with van der Waals surface area (Å²) in [6.07, 6.45) is 0. The predicted octanol–water partition coefficient (Wildman–Crippen LogP) is 5.17. The number of rotatable bonds is 10. The van der Waals surface area contributed by atoms with Crippen LogP contribution in [0.15, 0.2) is 170 Å². The van der Waals surface area contributed by atoms with Crippen LogP contribution >= 0.6 is 15.8 Å². The molecule has 0 aliphatic carbocycles. The largest absolute Gasteiger partial charge is 0.522 e. The van der Waals surface area contributed by atoms with E-state index in [1.165, 1.54) is 0 Å². The van der Waals surface area contributed by atoms with Crippen LogP contribution in [0, 0.1) is 0 Å². The van der Waals surface area contributed by atoms with Gasteiger partial charge in [-0.3, -0.25) is 3.87 Å². The summed E-state index contributed by atoms with van der Waals surface area (Å²) in [5.74, 6) is 0. The Hall–Kier alpha value is -3.28. The minimum Gasteiger partial charge on any atom is -0.296 e. The minimum absolute atomic E-state index is 0. The first-order chi connectivity index (χ1) is 22.7. The molecule has 0 fully saturated rings. The molecule has 11 heteroatoms. The number of benzene rings is 6. The van der Waals surface area contributed by atoms with Crippen LogP contribution in [-0.2, 0) is 33.5 Å². The molecule has 243 valence electrons. The van der Waals surface area contributed by atoms with Crippen molar-refractivity contribution in [3.8, 4) is 0 Å². The fourth-order valence-corrected chi connectivity index (χ4v) is 14.6. The van der Waals surface area contributed by atoms with Crippen LogP contribution in [-0.4, -0.2) is 23.0 Å². The first kappa shape index (κ1) is 36.0. The van der Waals surface area contributed by atoms with E-state index < -0.39 is 40.5 Å². The van der Waals surface area contributed by atoms with Gasteiger partial charge in [0, 0.05) is 19.5 Å². The summed E-state index contributed by atoms with van der Waals surface area (Å²) in [5, 5.41) is 6.29. The summed E-state index contributed by atoms with van der Waals surface area (Å²) in [6, 6.07) is 53.3. The molecule has 3 nitrogen and oxygen atoms in total. The topological polar surface area (TPSA) is 43.4 Å². The van der Waals surface area contributed by atoms with Crippen LogP contribution in [0.3, 0.4) is 0 Å². The summed E-state index contributed by atoms with van der Waals surface area (Å²) in [4.78, 5) is 0. The van der Waals surface area contributed by atoms with E-state index >= 15 is 0 Å². The Bertz CT molecular complexity index is 1840. The Morgan fingerprint density at radius 2 is 0.729 bits per heavy atom. The summed E-state index contributed by atoms with van der Waals surface area (Å²) >= 11 is 0. The molecule has 0 amide bonds. The van der Waals surface area contributed by atoms with Crippen molar-refractivity contribution in [3.05, 3.63) is 170 Å². The average molecular weight is 801 g/mol. The van der Waals surface area contributed by atoms with Crippen LogP contribution in [0.4, 0.5) is 13.2 Å². The van der Waals surface area contributed by atoms with Gasteiger partial charge in [0.25, 0.3) is 0 Å². The second-order valence-electron chi connectivity index (χ2n) is 10.4. The number of halogens is 3. The minimum atomic E-state index is -5.98. The molecule has 6 aromatic rings. The third-order valence-electron chi connectivity index (χ3n) is 7.31. The van der Waals surface area contributed by atoms with Gasteiger partial charge < -0.3 is 0 Å². The molecule has 6 aromatic carbocycles.